The molecule has 3 N–H and O–H groups in total. The molecule has 0 unspecified atom stereocenters. The monoisotopic (exact) mass is 269 g/mol. The quantitative estimate of drug-likeness (QED) is 0.877. The topological polar surface area (TPSA) is 68.0 Å². The summed E-state index contributed by atoms with van der Waals surface area (Å²) >= 11 is 0. The van der Waals surface area contributed by atoms with Crippen molar-refractivity contribution in [1.82, 2.24) is 10.3 Å². The molecule has 4 nitrogen and oxygen atoms in total. The maximum atomic E-state index is 12.0. The molecule has 0 bridgehead atoms. The molecule has 100 valence electrons. The van der Waals surface area contributed by atoms with Crippen molar-refractivity contribution in [1.29, 1.82) is 0 Å². The van der Waals surface area contributed by atoms with Gasteiger partial charge in [-0.05, 0) is 12.1 Å². The molecule has 0 aliphatic rings. The molecule has 2 aromatic rings. The van der Waals surface area contributed by atoms with Crippen LogP contribution in [0.1, 0.15) is 10.5 Å². The molecule has 1 aromatic heterocycles. The van der Waals surface area contributed by atoms with Gasteiger partial charge in [0, 0.05) is 11.1 Å². The van der Waals surface area contributed by atoms with E-state index in [4.69, 9.17) is 5.73 Å². The number of anilines is 1. The average Bonchev–Trinajstić information content (AvgIpc) is 2.35. The predicted octanol–water partition coefficient (Wildman–Crippen LogP) is 2.11. The number of aromatic nitrogens is 1. The fourth-order valence-corrected chi connectivity index (χ4v) is 1.59. The lowest BCUT2D eigenvalue weighted by Crippen LogP contribution is -2.34. The number of nitrogens with zero attached hydrogens (tertiary/aromatic N) is 1. The minimum Gasteiger partial charge on any atom is -0.398 e. The normalized spacial score (nSPS) is 11.5. The van der Waals surface area contributed by atoms with E-state index in [-0.39, 0.29) is 5.69 Å². The summed E-state index contributed by atoms with van der Waals surface area (Å²) in [6.45, 7) is -1.40. The summed E-state index contributed by atoms with van der Waals surface area (Å²) in [6, 6.07) is 8.06. The van der Waals surface area contributed by atoms with E-state index in [1.807, 2.05) is 0 Å². The second kappa shape index (κ2) is 4.75. The number of nitrogens with one attached hydrogen (secondary N) is 1. The highest BCUT2D eigenvalue weighted by atomic mass is 19.4. The van der Waals surface area contributed by atoms with Crippen molar-refractivity contribution >= 4 is 22.5 Å². The summed E-state index contributed by atoms with van der Waals surface area (Å²) < 4.78 is 36.0. The zero-order chi connectivity index (χ0) is 14.0. The second-order valence-electron chi connectivity index (χ2n) is 3.91. The highest BCUT2D eigenvalue weighted by molar-refractivity contribution is 5.99. The Labute approximate surface area is 106 Å². The average molecular weight is 269 g/mol. The molecular formula is C12H10F3N3O. The molecule has 1 heterocycles. The SMILES string of the molecule is Nc1cc(C(=O)NCC(F)(F)F)nc2ccccc12. The first-order chi connectivity index (χ1) is 8.87. The number of carbonyl (C=O) groups excluding carboxylic acids is 1. The van der Waals surface area contributed by atoms with Crippen LogP contribution in [0.25, 0.3) is 10.9 Å². The molecule has 0 spiro atoms. The third-order valence-corrected chi connectivity index (χ3v) is 2.43. The van der Waals surface area contributed by atoms with Gasteiger partial charge >= 0.3 is 6.18 Å². The molecule has 1 aromatic carbocycles. The molecule has 1 amide bonds. The number of halogens is 3. The van der Waals surface area contributed by atoms with Gasteiger partial charge in [-0.3, -0.25) is 4.79 Å². The van der Waals surface area contributed by atoms with Crippen LogP contribution in [0.4, 0.5) is 18.9 Å². The Morgan fingerprint density at radius 1 is 1.32 bits per heavy atom. The Kier molecular flexibility index (Phi) is 3.28. The van der Waals surface area contributed by atoms with Crippen LogP contribution in [-0.4, -0.2) is 23.6 Å². The first kappa shape index (κ1) is 13.1. The van der Waals surface area contributed by atoms with Crippen molar-refractivity contribution in [3.8, 4) is 0 Å². The zero-order valence-electron chi connectivity index (χ0n) is 9.66. The molecule has 0 aliphatic heterocycles. The van der Waals surface area contributed by atoms with E-state index < -0.39 is 18.6 Å². The maximum absolute atomic E-state index is 12.0. The summed E-state index contributed by atoms with van der Waals surface area (Å²) in [4.78, 5) is 15.5. The summed E-state index contributed by atoms with van der Waals surface area (Å²) in [5.41, 5.74) is 6.35. The number of benzene rings is 1. The Morgan fingerprint density at radius 2 is 2.00 bits per heavy atom. The van der Waals surface area contributed by atoms with E-state index in [1.54, 1.807) is 29.6 Å². The van der Waals surface area contributed by atoms with Crippen LogP contribution >= 0.6 is 0 Å². The molecule has 19 heavy (non-hydrogen) atoms. The number of hydrogen-bond acceptors (Lipinski definition) is 3. The largest absolute Gasteiger partial charge is 0.405 e. The number of nitrogen functional groups attached to an aromatic ring is 1. The first-order valence-electron chi connectivity index (χ1n) is 5.37. The number of pyridine rings is 1. The van der Waals surface area contributed by atoms with Gasteiger partial charge in [-0.25, -0.2) is 4.98 Å². The second-order valence-corrected chi connectivity index (χ2v) is 3.91. The van der Waals surface area contributed by atoms with Gasteiger partial charge in [-0.1, -0.05) is 18.2 Å². The van der Waals surface area contributed by atoms with E-state index in [0.717, 1.165) is 0 Å². The molecule has 0 saturated heterocycles. The van der Waals surface area contributed by atoms with Crippen molar-refractivity contribution in [3.05, 3.63) is 36.0 Å². The van der Waals surface area contributed by atoms with Crippen molar-refractivity contribution in [2.75, 3.05) is 12.3 Å². The fraction of sp³-hybridized carbons (Fsp3) is 0.167. The number of alkyl halides is 3. The number of hydrogen-bond donors (Lipinski definition) is 2. The van der Waals surface area contributed by atoms with E-state index >= 15 is 0 Å². The molecule has 0 aliphatic carbocycles. The smallest absolute Gasteiger partial charge is 0.398 e. The van der Waals surface area contributed by atoms with Gasteiger partial charge in [0.25, 0.3) is 5.91 Å². The Bertz CT molecular complexity index is 625. The van der Waals surface area contributed by atoms with Crippen LogP contribution in [0.5, 0.6) is 0 Å². The van der Waals surface area contributed by atoms with Crippen LogP contribution in [0, 0.1) is 0 Å². The van der Waals surface area contributed by atoms with Gasteiger partial charge in [-0.2, -0.15) is 13.2 Å². The molecule has 0 radical (unpaired) electrons. The first-order valence-corrected chi connectivity index (χ1v) is 5.37. The Hall–Kier alpha value is -2.31. The van der Waals surface area contributed by atoms with E-state index in [1.165, 1.54) is 6.07 Å². The van der Waals surface area contributed by atoms with E-state index in [9.17, 15) is 18.0 Å². The van der Waals surface area contributed by atoms with Crippen LogP contribution < -0.4 is 11.1 Å². The summed E-state index contributed by atoms with van der Waals surface area (Å²) in [6.07, 6.45) is -4.46. The van der Waals surface area contributed by atoms with Crippen molar-refractivity contribution in [2.24, 2.45) is 0 Å². The zero-order valence-corrected chi connectivity index (χ0v) is 9.66. The minimum absolute atomic E-state index is 0.138. The van der Waals surface area contributed by atoms with E-state index in [0.29, 0.717) is 16.6 Å². The number of fused-ring (bicyclic) bond motifs is 1. The van der Waals surface area contributed by atoms with Gasteiger partial charge in [0.1, 0.15) is 12.2 Å². The summed E-state index contributed by atoms with van der Waals surface area (Å²) in [5.74, 6) is -0.908. The van der Waals surface area contributed by atoms with Crippen LogP contribution in [0.15, 0.2) is 30.3 Å². The number of rotatable bonds is 2. The number of para-hydroxylation sites is 1. The maximum Gasteiger partial charge on any atom is 0.405 e. The lowest BCUT2D eigenvalue weighted by molar-refractivity contribution is -0.123. The van der Waals surface area contributed by atoms with Crippen molar-refractivity contribution in [2.45, 2.75) is 6.18 Å². The lowest BCUT2D eigenvalue weighted by Gasteiger charge is -2.09. The third-order valence-electron chi connectivity index (χ3n) is 2.43. The molecule has 0 saturated carbocycles. The lowest BCUT2D eigenvalue weighted by atomic mass is 10.1. The minimum atomic E-state index is -4.46. The van der Waals surface area contributed by atoms with Gasteiger partial charge < -0.3 is 11.1 Å². The number of nitrogens with two attached hydrogens (primary N) is 1. The van der Waals surface area contributed by atoms with E-state index in [2.05, 4.69) is 4.98 Å². The van der Waals surface area contributed by atoms with Crippen molar-refractivity contribution in [3.63, 3.8) is 0 Å². The molecule has 7 heteroatoms. The third kappa shape index (κ3) is 3.12. The molecule has 0 atom stereocenters. The number of amides is 1. The van der Waals surface area contributed by atoms with Gasteiger partial charge in [0.05, 0.1) is 5.52 Å². The Morgan fingerprint density at radius 3 is 2.68 bits per heavy atom. The highest BCUT2D eigenvalue weighted by Gasteiger charge is 2.28. The van der Waals surface area contributed by atoms with Crippen LogP contribution in [-0.2, 0) is 0 Å². The highest BCUT2D eigenvalue weighted by Crippen LogP contribution is 2.20. The molecular weight excluding hydrogens is 259 g/mol. The van der Waals surface area contributed by atoms with Crippen molar-refractivity contribution < 1.29 is 18.0 Å². The van der Waals surface area contributed by atoms with Gasteiger partial charge in [0.2, 0.25) is 0 Å². The van der Waals surface area contributed by atoms with Gasteiger partial charge in [-0.15, -0.1) is 0 Å². The molecule has 2 rings (SSSR count). The van der Waals surface area contributed by atoms with Crippen LogP contribution in [0.2, 0.25) is 0 Å². The van der Waals surface area contributed by atoms with Gasteiger partial charge in [0.15, 0.2) is 0 Å². The summed E-state index contributed by atoms with van der Waals surface area (Å²) in [5, 5.41) is 2.40. The van der Waals surface area contributed by atoms with Crippen LogP contribution in [0.3, 0.4) is 0 Å². The Balaban J connectivity index is 2.28. The summed E-state index contributed by atoms with van der Waals surface area (Å²) in [7, 11) is 0. The fourth-order valence-electron chi connectivity index (χ4n) is 1.59. The standard InChI is InChI=1S/C12H10F3N3O/c13-12(14,15)6-17-11(19)10-5-8(16)7-3-1-2-4-9(7)18-10/h1-5H,6H2,(H2,16,18)(H,17,19). The predicted molar refractivity (Wildman–Crippen MR) is 64.5 cm³/mol. The number of carbonyl (C=O) groups is 1. The molecule has 0 fully saturated rings.